The quantitative estimate of drug-likeness (QED) is 0.213. The number of unbranched alkanes of at least 4 members (excludes halogenated alkanes) is 1. The molecule has 0 aliphatic carbocycles. The molecule has 35 heavy (non-hydrogen) atoms. The number of carbonyl (C=O) groups excluding carboxylic acids is 1. The van der Waals surface area contributed by atoms with Gasteiger partial charge in [-0.15, -0.1) is 0 Å². The average Bonchev–Trinajstić information content (AvgIpc) is 2.88. The smallest absolute Gasteiger partial charge is 0.339 e. The molecule has 1 atom stereocenters. The molecule has 1 heterocycles. The first kappa shape index (κ1) is 24.3. The molecular formula is C28H27FN2O4. The second-order valence-corrected chi connectivity index (χ2v) is 8.12. The Bertz CT molecular complexity index is 1290. The lowest BCUT2D eigenvalue weighted by Crippen LogP contribution is -2.18. The van der Waals surface area contributed by atoms with Gasteiger partial charge in [0.2, 0.25) is 5.88 Å². The minimum Gasteiger partial charge on any atom is -0.477 e. The molecule has 4 aromatic rings. The summed E-state index contributed by atoms with van der Waals surface area (Å²) in [6.07, 6.45) is 0.339. The number of aromatic nitrogens is 2. The SMILES string of the molecule is COC(=O)C(OCCCCOc1nc(-c2ccc(C)cc2)nc2ccccc12)c1cccc(F)c1. The van der Waals surface area contributed by atoms with Crippen molar-refractivity contribution in [1.29, 1.82) is 0 Å². The zero-order chi connectivity index (χ0) is 24.6. The molecule has 0 spiro atoms. The highest BCUT2D eigenvalue weighted by molar-refractivity contribution is 5.85. The number of esters is 1. The van der Waals surface area contributed by atoms with E-state index < -0.39 is 17.9 Å². The van der Waals surface area contributed by atoms with Crippen LogP contribution in [0, 0.1) is 12.7 Å². The monoisotopic (exact) mass is 474 g/mol. The summed E-state index contributed by atoms with van der Waals surface area (Å²) >= 11 is 0. The Hall–Kier alpha value is -3.84. The average molecular weight is 475 g/mol. The van der Waals surface area contributed by atoms with Gasteiger partial charge >= 0.3 is 5.97 Å². The van der Waals surface area contributed by atoms with Crippen molar-refractivity contribution in [3.63, 3.8) is 0 Å². The van der Waals surface area contributed by atoms with Gasteiger partial charge in [0.15, 0.2) is 11.9 Å². The van der Waals surface area contributed by atoms with Crippen molar-refractivity contribution in [1.82, 2.24) is 9.97 Å². The largest absolute Gasteiger partial charge is 0.477 e. The van der Waals surface area contributed by atoms with E-state index in [1.54, 1.807) is 6.07 Å². The van der Waals surface area contributed by atoms with Gasteiger partial charge in [-0.25, -0.2) is 14.2 Å². The predicted octanol–water partition coefficient (Wildman–Crippen LogP) is 5.83. The van der Waals surface area contributed by atoms with Gasteiger partial charge in [-0.2, -0.15) is 4.98 Å². The number of benzene rings is 3. The molecule has 0 bridgehead atoms. The predicted molar refractivity (Wildman–Crippen MR) is 132 cm³/mol. The molecule has 0 amide bonds. The van der Waals surface area contributed by atoms with E-state index in [-0.39, 0.29) is 0 Å². The molecular weight excluding hydrogens is 447 g/mol. The van der Waals surface area contributed by atoms with Crippen molar-refractivity contribution in [2.24, 2.45) is 0 Å². The van der Waals surface area contributed by atoms with Gasteiger partial charge in [0, 0.05) is 12.2 Å². The van der Waals surface area contributed by atoms with Crippen molar-refractivity contribution in [2.45, 2.75) is 25.9 Å². The molecule has 1 unspecified atom stereocenters. The zero-order valence-electron chi connectivity index (χ0n) is 19.7. The fraction of sp³-hybridized carbons (Fsp3) is 0.250. The first-order valence-corrected chi connectivity index (χ1v) is 11.5. The standard InChI is InChI=1S/C28H27FN2O4/c1-19-12-14-20(15-13-19)26-30-24-11-4-3-10-23(24)27(31-26)35-17-6-5-16-34-25(28(32)33-2)21-8-7-9-22(29)18-21/h3-4,7-15,18,25H,5-6,16-17H2,1-2H3. The molecule has 3 aromatic carbocycles. The fourth-order valence-corrected chi connectivity index (χ4v) is 3.64. The van der Waals surface area contributed by atoms with Crippen LogP contribution in [0.2, 0.25) is 0 Å². The summed E-state index contributed by atoms with van der Waals surface area (Å²) < 4.78 is 30.1. The second kappa shape index (κ2) is 11.5. The molecule has 0 aliphatic rings. The topological polar surface area (TPSA) is 70.5 Å². The first-order valence-electron chi connectivity index (χ1n) is 11.5. The molecule has 7 heteroatoms. The second-order valence-electron chi connectivity index (χ2n) is 8.12. The first-order chi connectivity index (χ1) is 17.0. The number of rotatable bonds is 10. The maximum Gasteiger partial charge on any atom is 0.339 e. The van der Waals surface area contributed by atoms with Crippen molar-refractivity contribution >= 4 is 16.9 Å². The zero-order valence-corrected chi connectivity index (χ0v) is 19.7. The third kappa shape index (κ3) is 6.19. The number of fused-ring (bicyclic) bond motifs is 1. The Balaban J connectivity index is 1.37. The van der Waals surface area contributed by atoms with Gasteiger partial charge in [0.05, 0.1) is 24.6 Å². The van der Waals surface area contributed by atoms with Crippen LogP contribution < -0.4 is 4.74 Å². The van der Waals surface area contributed by atoms with Gasteiger partial charge in [-0.3, -0.25) is 0 Å². The van der Waals surface area contributed by atoms with Crippen molar-refractivity contribution in [3.8, 4) is 17.3 Å². The lowest BCUT2D eigenvalue weighted by atomic mass is 10.1. The molecule has 6 nitrogen and oxygen atoms in total. The summed E-state index contributed by atoms with van der Waals surface area (Å²) in [7, 11) is 1.28. The maximum atomic E-state index is 13.6. The van der Waals surface area contributed by atoms with E-state index in [0.717, 1.165) is 16.5 Å². The summed E-state index contributed by atoms with van der Waals surface area (Å²) in [6.45, 7) is 2.74. The van der Waals surface area contributed by atoms with Crippen LogP contribution in [0.4, 0.5) is 4.39 Å². The number of halogens is 1. The number of hydrogen-bond donors (Lipinski definition) is 0. The van der Waals surface area contributed by atoms with Crippen molar-refractivity contribution < 1.29 is 23.4 Å². The Morgan fingerprint density at radius 2 is 1.71 bits per heavy atom. The molecule has 0 N–H and O–H groups in total. The Kier molecular flexibility index (Phi) is 8.00. The highest BCUT2D eigenvalue weighted by Crippen LogP contribution is 2.27. The number of hydrogen-bond acceptors (Lipinski definition) is 6. The minimum absolute atomic E-state index is 0.290. The fourth-order valence-electron chi connectivity index (χ4n) is 3.64. The van der Waals surface area contributed by atoms with E-state index in [2.05, 4.69) is 4.98 Å². The Morgan fingerprint density at radius 3 is 2.49 bits per heavy atom. The lowest BCUT2D eigenvalue weighted by molar-refractivity contribution is -0.154. The molecule has 180 valence electrons. The molecule has 0 saturated carbocycles. The summed E-state index contributed by atoms with van der Waals surface area (Å²) in [5.74, 6) is 0.135. The van der Waals surface area contributed by atoms with Crippen LogP contribution in [-0.2, 0) is 14.3 Å². The van der Waals surface area contributed by atoms with E-state index >= 15 is 0 Å². The number of ether oxygens (including phenoxy) is 3. The molecule has 0 fully saturated rings. The van der Waals surface area contributed by atoms with Crippen LogP contribution >= 0.6 is 0 Å². The number of para-hydroxylation sites is 1. The van der Waals surface area contributed by atoms with Crippen LogP contribution in [-0.4, -0.2) is 36.3 Å². The van der Waals surface area contributed by atoms with Gasteiger partial charge < -0.3 is 14.2 Å². The molecule has 0 saturated heterocycles. The van der Waals surface area contributed by atoms with E-state index in [9.17, 15) is 9.18 Å². The highest BCUT2D eigenvalue weighted by Gasteiger charge is 2.22. The molecule has 0 aliphatic heterocycles. The van der Waals surface area contributed by atoms with E-state index in [1.165, 1.54) is 30.9 Å². The third-order valence-corrected chi connectivity index (χ3v) is 5.51. The summed E-state index contributed by atoms with van der Waals surface area (Å²) in [5, 5.41) is 0.844. The minimum atomic E-state index is -0.973. The van der Waals surface area contributed by atoms with Crippen molar-refractivity contribution in [2.75, 3.05) is 20.3 Å². The highest BCUT2D eigenvalue weighted by atomic mass is 19.1. The van der Waals surface area contributed by atoms with Crippen LogP contribution in [0.3, 0.4) is 0 Å². The van der Waals surface area contributed by atoms with Gasteiger partial charge in [-0.1, -0.05) is 54.1 Å². The normalized spacial score (nSPS) is 11.9. The number of carbonyl (C=O) groups is 1. The van der Waals surface area contributed by atoms with E-state index in [4.69, 9.17) is 19.2 Å². The molecule has 0 radical (unpaired) electrons. The van der Waals surface area contributed by atoms with Gasteiger partial charge in [0.1, 0.15) is 5.82 Å². The Morgan fingerprint density at radius 1 is 0.943 bits per heavy atom. The van der Waals surface area contributed by atoms with Gasteiger partial charge in [-0.05, 0) is 49.6 Å². The molecule has 4 rings (SSSR count). The number of methoxy groups -OCH3 is 1. The van der Waals surface area contributed by atoms with Crippen LogP contribution in [0.5, 0.6) is 5.88 Å². The van der Waals surface area contributed by atoms with E-state index in [1.807, 2.05) is 55.5 Å². The summed E-state index contributed by atoms with van der Waals surface area (Å²) in [4.78, 5) is 21.5. The van der Waals surface area contributed by atoms with Crippen LogP contribution in [0.1, 0.15) is 30.1 Å². The third-order valence-electron chi connectivity index (χ3n) is 5.51. The van der Waals surface area contributed by atoms with Crippen molar-refractivity contribution in [3.05, 3.63) is 89.7 Å². The number of nitrogens with zero attached hydrogens (tertiary/aromatic N) is 2. The van der Waals surface area contributed by atoms with Crippen LogP contribution in [0.25, 0.3) is 22.3 Å². The Labute approximate surface area is 203 Å². The number of aryl methyl sites for hydroxylation is 1. The van der Waals surface area contributed by atoms with E-state index in [0.29, 0.717) is 43.3 Å². The lowest BCUT2D eigenvalue weighted by Gasteiger charge is -2.16. The summed E-state index contributed by atoms with van der Waals surface area (Å²) in [6, 6.07) is 21.6. The summed E-state index contributed by atoms with van der Waals surface area (Å²) in [5.41, 5.74) is 3.32. The van der Waals surface area contributed by atoms with Crippen LogP contribution in [0.15, 0.2) is 72.8 Å². The van der Waals surface area contributed by atoms with Gasteiger partial charge in [0.25, 0.3) is 0 Å². The maximum absolute atomic E-state index is 13.6. The molecule has 1 aromatic heterocycles.